The van der Waals surface area contributed by atoms with Gasteiger partial charge in [0.25, 0.3) is 0 Å². The molecule has 98 valence electrons. The Morgan fingerprint density at radius 2 is 2.06 bits per heavy atom. The highest BCUT2D eigenvalue weighted by Crippen LogP contribution is 2.56. The fourth-order valence-electron chi connectivity index (χ4n) is 2.46. The molecule has 0 unspecified atom stereocenters. The first-order valence-electron chi connectivity index (χ1n) is 6.01. The van der Waals surface area contributed by atoms with Crippen molar-refractivity contribution in [2.45, 2.75) is 38.5 Å². The van der Waals surface area contributed by atoms with E-state index < -0.39 is 5.97 Å². The standard InChI is InChI=1S/C14H18O4/c1-8-6-10(13(18-3)12(17)9(8)2)14(4-5-14)7-11(15)16/h6,17H,4-5,7H2,1-3H3,(H,15,16). The molecule has 0 heterocycles. The van der Waals surface area contributed by atoms with Crippen molar-refractivity contribution in [1.82, 2.24) is 0 Å². The molecule has 1 aliphatic rings. The van der Waals surface area contributed by atoms with E-state index in [1.807, 2.05) is 19.9 Å². The summed E-state index contributed by atoms with van der Waals surface area (Å²) in [6.45, 7) is 3.74. The molecule has 0 bridgehead atoms. The Morgan fingerprint density at radius 3 is 2.50 bits per heavy atom. The van der Waals surface area contributed by atoms with Crippen LogP contribution in [0.4, 0.5) is 0 Å². The van der Waals surface area contributed by atoms with Crippen LogP contribution in [0.15, 0.2) is 6.07 Å². The van der Waals surface area contributed by atoms with E-state index >= 15 is 0 Å². The molecule has 0 aromatic heterocycles. The molecule has 0 spiro atoms. The van der Waals surface area contributed by atoms with Gasteiger partial charge in [-0.2, -0.15) is 0 Å². The Kier molecular flexibility index (Phi) is 2.97. The third-order valence-corrected chi connectivity index (χ3v) is 3.89. The van der Waals surface area contributed by atoms with Gasteiger partial charge in [-0.1, -0.05) is 6.07 Å². The van der Waals surface area contributed by atoms with Crippen LogP contribution in [-0.2, 0) is 10.2 Å². The van der Waals surface area contributed by atoms with Crippen LogP contribution in [0.2, 0.25) is 0 Å². The lowest BCUT2D eigenvalue weighted by molar-refractivity contribution is -0.137. The molecule has 1 fully saturated rings. The zero-order chi connectivity index (χ0) is 13.5. The number of carbonyl (C=O) groups is 1. The van der Waals surface area contributed by atoms with Gasteiger partial charge < -0.3 is 14.9 Å². The van der Waals surface area contributed by atoms with Gasteiger partial charge in [-0.05, 0) is 37.8 Å². The number of aliphatic carboxylic acids is 1. The molecule has 0 atom stereocenters. The molecule has 4 nitrogen and oxygen atoms in total. The summed E-state index contributed by atoms with van der Waals surface area (Å²) in [5.74, 6) is -0.256. The molecule has 1 aromatic carbocycles. The van der Waals surface area contributed by atoms with Gasteiger partial charge in [0.1, 0.15) is 0 Å². The van der Waals surface area contributed by atoms with Gasteiger partial charge in [0.2, 0.25) is 0 Å². The zero-order valence-corrected chi connectivity index (χ0v) is 10.9. The minimum Gasteiger partial charge on any atom is -0.504 e. The maximum atomic E-state index is 11.0. The Labute approximate surface area is 106 Å². The number of methoxy groups -OCH3 is 1. The van der Waals surface area contributed by atoms with E-state index in [0.717, 1.165) is 29.5 Å². The molecular weight excluding hydrogens is 232 g/mol. The van der Waals surface area contributed by atoms with Crippen molar-refractivity contribution in [1.29, 1.82) is 0 Å². The highest BCUT2D eigenvalue weighted by atomic mass is 16.5. The number of aromatic hydroxyl groups is 1. The fraction of sp³-hybridized carbons (Fsp3) is 0.500. The smallest absolute Gasteiger partial charge is 0.304 e. The minimum absolute atomic E-state index is 0.0886. The molecular formula is C14H18O4. The second-order valence-corrected chi connectivity index (χ2v) is 5.10. The van der Waals surface area contributed by atoms with Crippen LogP contribution in [0.5, 0.6) is 11.5 Å². The monoisotopic (exact) mass is 250 g/mol. The first kappa shape index (κ1) is 12.7. The number of carboxylic acid groups (broad SMARTS) is 1. The van der Waals surface area contributed by atoms with Gasteiger partial charge in [-0.15, -0.1) is 0 Å². The number of phenolic OH excluding ortho intramolecular Hbond substituents is 1. The van der Waals surface area contributed by atoms with Crippen molar-refractivity contribution in [3.63, 3.8) is 0 Å². The average molecular weight is 250 g/mol. The van der Waals surface area contributed by atoms with Crippen LogP contribution < -0.4 is 4.74 Å². The van der Waals surface area contributed by atoms with Crippen LogP contribution in [0.25, 0.3) is 0 Å². The van der Waals surface area contributed by atoms with E-state index in [9.17, 15) is 9.90 Å². The van der Waals surface area contributed by atoms with E-state index in [-0.39, 0.29) is 17.6 Å². The average Bonchev–Trinajstić information content (AvgIpc) is 3.05. The van der Waals surface area contributed by atoms with Crippen molar-refractivity contribution in [3.05, 3.63) is 22.8 Å². The summed E-state index contributed by atoms with van der Waals surface area (Å²) in [7, 11) is 1.50. The zero-order valence-electron chi connectivity index (χ0n) is 10.9. The molecule has 0 radical (unpaired) electrons. The lowest BCUT2D eigenvalue weighted by Crippen LogP contribution is -2.14. The van der Waals surface area contributed by atoms with Gasteiger partial charge >= 0.3 is 5.97 Å². The third kappa shape index (κ3) is 1.92. The molecule has 18 heavy (non-hydrogen) atoms. The molecule has 1 aliphatic carbocycles. The molecule has 2 N–H and O–H groups in total. The Hall–Kier alpha value is -1.71. The predicted octanol–water partition coefficient (Wildman–Crippen LogP) is 2.52. The lowest BCUT2D eigenvalue weighted by atomic mass is 9.88. The molecule has 0 aliphatic heterocycles. The number of hydrogen-bond donors (Lipinski definition) is 2. The normalized spacial score (nSPS) is 16.4. The second-order valence-electron chi connectivity index (χ2n) is 5.10. The molecule has 0 saturated heterocycles. The number of ether oxygens (including phenoxy) is 1. The Balaban J connectivity index is 2.54. The highest BCUT2D eigenvalue weighted by molar-refractivity contribution is 5.71. The van der Waals surface area contributed by atoms with Gasteiger partial charge in [0, 0.05) is 11.0 Å². The maximum absolute atomic E-state index is 11.0. The largest absolute Gasteiger partial charge is 0.504 e. The number of benzene rings is 1. The summed E-state index contributed by atoms with van der Waals surface area (Å²) < 4.78 is 5.28. The predicted molar refractivity (Wildman–Crippen MR) is 67.3 cm³/mol. The van der Waals surface area contributed by atoms with Crippen molar-refractivity contribution >= 4 is 5.97 Å². The number of aryl methyl sites for hydroxylation is 1. The Bertz CT molecular complexity index is 501. The van der Waals surface area contributed by atoms with Crippen molar-refractivity contribution in [3.8, 4) is 11.5 Å². The molecule has 2 rings (SSSR count). The van der Waals surface area contributed by atoms with Crippen molar-refractivity contribution in [2.75, 3.05) is 7.11 Å². The van der Waals surface area contributed by atoms with E-state index in [1.54, 1.807) is 0 Å². The van der Waals surface area contributed by atoms with Gasteiger partial charge in [-0.3, -0.25) is 4.79 Å². The van der Waals surface area contributed by atoms with Crippen LogP contribution in [0.1, 0.15) is 36.0 Å². The summed E-state index contributed by atoms with van der Waals surface area (Å²) in [4.78, 5) is 11.0. The fourth-order valence-corrected chi connectivity index (χ4v) is 2.46. The SMILES string of the molecule is COc1c(C2(CC(=O)O)CC2)cc(C)c(C)c1O. The summed E-state index contributed by atoms with van der Waals surface area (Å²) in [6, 6.07) is 1.95. The van der Waals surface area contributed by atoms with Crippen molar-refractivity contribution < 1.29 is 19.7 Å². The van der Waals surface area contributed by atoms with Gasteiger partial charge in [0.15, 0.2) is 11.5 Å². The van der Waals surface area contributed by atoms with Crippen LogP contribution >= 0.6 is 0 Å². The second kappa shape index (κ2) is 4.19. The molecule has 1 aromatic rings. The van der Waals surface area contributed by atoms with E-state index in [0.29, 0.717) is 5.75 Å². The minimum atomic E-state index is -0.813. The van der Waals surface area contributed by atoms with E-state index in [1.165, 1.54) is 7.11 Å². The number of hydrogen-bond acceptors (Lipinski definition) is 3. The number of rotatable bonds is 4. The third-order valence-electron chi connectivity index (χ3n) is 3.89. The van der Waals surface area contributed by atoms with Crippen molar-refractivity contribution in [2.24, 2.45) is 0 Å². The maximum Gasteiger partial charge on any atom is 0.304 e. The van der Waals surface area contributed by atoms with Crippen LogP contribution in [-0.4, -0.2) is 23.3 Å². The number of phenols is 1. The van der Waals surface area contributed by atoms with Gasteiger partial charge in [-0.25, -0.2) is 0 Å². The van der Waals surface area contributed by atoms with Crippen LogP contribution in [0, 0.1) is 13.8 Å². The van der Waals surface area contributed by atoms with Gasteiger partial charge in [0.05, 0.1) is 13.5 Å². The highest BCUT2D eigenvalue weighted by Gasteiger charge is 2.48. The first-order valence-corrected chi connectivity index (χ1v) is 6.01. The lowest BCUT2D eigenvalue weighted by Gasteiger charge is -2.20. The van der Waals surface area contributed by atoms with E-state index in [2.05, 4.69) is 0 Å². The molecule has 1 saturated carbocycles. The molecule has 0 amide bonds. The Morgan fingerprint density at radius 1 is 1.44 bits per heavy atom. The summed E-state index contributed by atoms with van der Waals surface area (Å²) >= 11 is 0. The summed E-state index contributed by atoms with van der Waals surface area (Å²) in [5.41, 5.74) is 2.21. The quantitative estimate of drug-likeness (QED) is 0.861. The first-order chi connectivity index (χ1) is 8.41. The number of carboxylic acids is 1. The summed E-state index contributed by atoms with van der Waals surface area (Å²) in [6.07, 6.45) is 1.75. The van der Waals surface area contributed by atoms with E-state index in [4.69, 9.17) is 9.84 Å². The van der Waals surface area contributed by atoms with Crippen LogP contribution in [0.3, 0.4) is 0 Å². The topological polar surface area (TPSA) is 66.8 Å². The molecule has 4 heteroatoms. The summed E-state index contributed by atoms with van der Waals surface area (Å²) in [5, 5.41) is 19.1.